The number of aryl methyl sites for hydroxylation is 1. The van der Waals surface area contributed by atoms with E-state index in [9.17, 15) is 4.79 Å². The third-order valence-electron chi connectivity index (χ3n) is 2.64. The van der Waals surface area contributed by atoms with E-state index in [-0.39, 0.29) is 0 Å². The quantitative estimate of drug-likeness (QED) is 0.630. The van der Waals surface area contributed by atoms with E-state index < -0.39 is 5.97 Å². The summed E-state index contributed by atoms with van der Waals surface area (Å²) in [7, 11) is 1.34. The summed E-state index contributed by atoms with van der Waals surface area (Å²) >= 11 is 0. The molecule has 100 valence electrons. The van der Waals surface area contributed by atoms with Gasteiger partial charge in [0.25, 0.3) is 0 Å². The van der Waals surface area contributed by atoms with E-state index in [0.717, 1.165) is 25.2 Å². The van der Waals surface area contributed by atoms with E-state index in [1.165, 1.54) is 7.11 Å². The number of esters is 1. The molecule has 0 spiro atoms. The van der Waals surface area contributed by atoms with Gasteiger partial charge in [-0.2, -0.15) is 0 Å². The van der Waals surface area contributed by atoms with Crippen molar-refractivity contribution in [3.63, 3.8) is 0 Å². The van der Waals surface area contributed by atoms with E-state index in [2.05, 4.69) is 20.0 Å². The molecule has 1 N–H and O–H groups in total. The van der Waals surface area contributed by atoms with E-state index in [4.69, 9.17) is 0 Å². The summed E-state index contributed by atoms with van der Waals surface area (Å²) in [5.74, 6) is -0.429. The topological polar surface area (TPSA) is 69.0 Å². The van der Waals surface area contributed by atoms with Crippen LogP contribution in [0.4, 0.5) is 5.69 Å². The van der Waals surface area contributed by atoms with Crippen molar-refractivity contribution in [1.29, 1.82) is 0 Å². The molecule has 2 rings (SSSR count). The number of hydrogen-bond donors (Lipinski definition) is 1. The zero-order valence-corrected chi connectivity index (χ0v) is 10.7. The smallest absolute Gasteiger partial charge is 0.356 e. The Bertz CT molecular complexity index is 525. The van der Waals surface area contributed by atoms with Crippen LogP contribution in [-0.4, -0.2) is 34.2 Å². The molecule has 0 aliphatic heterocycles. The Morgan fingerprint density at radius 1 is 1.47 bits per heavy atom. The second-order valence-electron chi connectivity index (χ2n) is 4.00. The highest BCUT2D eigenvalue weighted by molar-refractivity contribution is 5.88. The van der Waals surface area contributed by atoms with Crippen molar-refractivity contribution in [2.45, 2.75) is 13.0 Å². The summed E-state index contributed by atoms with van der Waals surface area (Å²) in [5, 5.41) is 3.24. The lowest BCUT2D eigenvalue weighted by Gasteiger charge is -2.07. The largest absolute Gasteiger partial charge is 0.464 e. The van der Waals surface area contributed by atoms with Crippen LogP contribution in [0.3, 0.4) is 0 Å². The van der Waals surface area contributed by atoms with Crippen molar-refractivity contribution in [2.75, 3.05) is 19.0 Å². The fourth-order valence-corrected chi connectivity index (χ4v) is 1.67. The number of hydrogen-bond acceptors (Lipinski definition) is 5. The van der Waals surface area contributed by atoms with Gasteiger partial charge in [-0.3, -0.25) is 0 Å². The lowest BCUT2D eigenvalue weighted by molar-refractivity contribution is 0.0594. The fraction of sp³-hybridized carbons (Fsp3) is 0.308. The van der Waals surface area contributed by atoms with E-state index in [1.54, 1.807) is 24.8 Å². The van der Waals surface area contributed by atoms with Crippen LogP contribution in [0.2, 0.25) is 0 Å². The Kier molecular flexibility index (Phi) is 4.49. The second kappa shape index (κ2) is 6.53. The number of imidazole rings is 1. The number of rotatable bonds is 6. The van der Waals surface area contributed by atoms with Gasteiger partial charge in [-0.25, -0.2) is 14.8 Å². The molecule has 0 saturated heterocycles. The van der Waals surface area contributed by atoms with E-state index in [0.29, 0.717) is 5.69 Å². The summed E-state index contributed by atoms with van der Waals surface area (Å²) in [5.41, 5.74) is 1.17. The van der Waals surface area contributed by atoms with Gasteiger partial charge in [-0.05, 0) is 18.6 Å². The first-order valence-electron chi connectivity index (χ1n) is 6.03. The van der Waals surface area contributed by atoms with Gasteiger partial charge in [-0.15, -0.1) is 0 Å². The van der Waals surface area contributed by atoms with Crippen LogP contribution >= 0.6 is 0 Å². The van der Waals surface area contributed by atoms with Crippen LogP contribution in [-0.2, 0) is 11.3 Å². The molecular weight excluding hydrogens is 244 g/mol. The number of nitrogens with one attached hydrogen (secondary N) is 1. The molecule has 0 amide bonds. The van der Waals surface area contributed by atoms with Crippen LogP contribution in [0.25, 0.3) is 0 Å². The molecule has 2 aromatic heterocycles. The van der Waals surface area contributed by atoms with Gasteiger partial charge in [0.1, 0.15) is 5.69 Å². The average molecular weight is 260 g/mol. The standard InChI is InChI=1S/C13H16N4O2/c1-19-13(18)12-9-11(3-5-16-12)15-4-2-7-17-8-6-14-10-17/h3,5-6,8-10H,2,4,7H2,1H3,(H,15,16). The highest BCUT2D eigenvalue weighted by atomic mass is 16.5. The minimum Gasteiger partial charge on any atom is -0.464 e. The molecule has 0 radical (unpaired) electrons. The predicted molar refractivity (Wildman–Crippen MR) is 70.9 cm³/mol. The molecule has 0 bridgehead atoms. The summed E-state index contributed by atoms with van der Waals surface area (Å²) in [6.07, 6.45) is 8.04. The highest BCUT2D eigenvalue weighted by Crippen LogP contribution is 2.08. The molecule has 2 aromatic rings. The summed E-state index contributed by atoms with van der Waals surface area (Å²) in [6, 6.07) is 3.51. The third kappa shape index (κ3) is 3.80. The maximum absolute atomic E-state index is 11.3. The molecule has 0 aliphatic carbocycles. The first kappa shape index (κ1) is 13.1. The lowest BCUT2D eigenvalue weighted by Crippen LogP contribution is -2.08. The third-order valence-corrected chi connectivity index (χ3v) is 2.64. The molecular formula is C13H16N4O2. The van der Waals surface area contributed by atoms with Gasteiger partial charge in [0, 0.05) is 37.4 Å². The van der Waals surface area contributed by atoms with Gasteiger partial charge >= 0.3 is 5.97 Å². The van der Waals surface area contributed by atoms with Crippen LogP contribution in [0.1, 0.15) is 16.9 Å². The van der Waals surface area contributed by atoms with Gasteiger partial charge in [0.15, 0.2) is 0 Å². The molecule has 6 heteroatoms. The van der Waals surface area contributed by atoms with Crippen molar-refractivity contribution >= 4 is 11.7 Å². The van der Waals surface area contributed by atoms with E-state index >= 15 is 0 Å². The highest BCUT2D eigenvalue weighted by Gasteiger charge is 2.06. The monoisotopic (exact) mass is 260 g/mol. The second-order valence-corrected chi connectivity index (χ2v) is 4.00. The lowest BCUT2D eigenvalue weighted by atomic mass is 10.3. The molecule has 0 atom stereocenters. The Morgan fingerprint density at radius 3 is 3.11 bits per heavy atom. The van der Waals surface area contributed by atoms with Crippen LogP contribution < -0.4 is 5.32 Å². The molecule has 19 heavy (non-hydrogen) atoms. The van der Waals surface area contributed by atoms with Gasteiger partial charge in [-0.1, -0.05) is 0 Å². The molecule has 0 saturated carbocycles. The number of nitrogens with zero attached hydrogens (tertiary/aromatic N) is 3. The normalized spacial score (nSPS) is 10.2. The Labute approximate surface area is 111 Å². The van der Waals surface area contributed by atoms with Gasteiger partial charge < -0.3 is 14.6 Å². The number of aromatic nitrogens is 3. The first-order chi connectivity index (χ1) is 9.29. The summed E-state index contributed by atoms with van der Waals surface area (Å²) in [4.78, 5) is 19.3. The maximum atomic E-state index is 11.3. The Hall–Kier alpha value is -2.37. The summed E-state index contributed by atoms with van der Waals surface area (Å²) in [6.45, 7) is 1.71. The minimum atomic E-state index is -0.429. The number of pyridine rings is 1. The number of methoxy groups -OCH3 is 1. The minimum absolute atomic E-state index is 0.308. The van der Waals surface area contributed by atoms with Gasteiger partial charge in [0.2, 0.25) is 0 Å². The van der Waals surface area contributed by atoms with Gasteiger partial charge in [0.05, 0.1) is 13.4 Å². The maximum Gasteiger partial charge on any atom is 0.356 e. The molecule has 2 heterocycles. The zero-order valence-electron chi connectivity index (χ0n) is 10.7. The van der Waals surface area contributed by atoms with Crippen molar-refractivity contribution in [1.82, 2.24) is 14.5 Å². The van der Waals surface area contributed by atoms with Crippen LogP contribution in [0.5, 0.6) is 0 Å². The molecule has 0 unspecified atom stereocenters. The first-order valence-corrected chi connectivity index (χ1v) is 6.03. The van der Waals surface area contributed by atoms with Crippen molar-refractivity contribution < 1.29 is 9.53 Å². The SMILES string of the molecule is COC(=O)c1cc(NCCCn2ccnc2)ccn1. The molecule has 0 aromatic carbocycles. The fourth-order valence-electron chi connectivity index (χ4n) is 1.67. The van der Waals surface area contributed by atoms with Crippen LogP contribution in [0.15, 0.2) is 37.1 Å². The average Bonchev–Trinajstić information content (AvgIpc) is 2.96. The molecule has 0 aliphatic rings. The Morgan fingerprint density at radius 2 is 2.37 bits per heavy atom. The van der Waals surface area contributed by atoms with E-state index in [1.807, 2.05) is 16.8 Å². The number of anilines is 1. The number of carbonyl (C=O) groups is 1. The summed E-state index contributed by atoms with van der Waals surface area (Å²) < 4.78 is 6.65. The van der Waals surface area contributed by atoms with Crippen molar-refractivity contribution in [3.05, 3.63) is 42.7 Å². The molecule has 0 fully saturated rings. The van der Waals surface area contributed by atoms with Crippen LogP contribution in [0, 0.1) is 0 Å². The van der Waals surface area contributed by atoms with Crippen molar-refractivity contribution in [3.8, 4) is 0 Å². The zero-order chi connectivity index (χ0) is 13.5. The molecule has 6 nitrogen and oxygen atoms in total. The predicted octanol–water partition coefficient (Wildman–Crippen LogP) is 1.57. The number of carbonyl (C=O) groups excluding carboxylic acids is 1. The number of ether oxygens (including phenoxy) is 1. The van der Waals surface area contributed by atoms with Crippen molar-refractivity contribution in [2.24, 2.45) is 0 Å². The Balaban J connectivity index is 1.81.